The minimum atomic E-state index is -0.737. The fraction of sp³-hybridized carbons (Fsp3) is 0.588. The van der Waals surface area contributed by atoms with Crippen LogP contribution in [-0.2, 0) is 10.2 Å². The van der Waals surface area contributed by atoms with Crippen LogP contribution in [0.15, 0.2) is 18.2 Å². The third-order valence-corrected chi connectivity index (χ3v) is 4.17. The van der Waals surface area contributed by atoms with Gasteiger partial charge in [0.15, 0.2) is 0 Å². The van der Waals surface area contributed by atoms with E-state index in [-0.39, 0.29) is 5.41 Å². The molecule has 1 unspecified atom stereocenters. The summed E-state index contributed by atoms with van der Waals surface area (Å²) in [6, 6.07) is 5.73. The van der Waals surface area contributed by atoms with Crippen molar-refractivity contribution in [2.24, 2.45) is 0 Å². The van der Waals surface area contributed by atoms with Crippen LogP contribution in [0.25, 0.3) is 0 Å². The van der Waals surface area contributed by atoms with Gasteiger partial charge in [-0.2, -0.15) is 0 Å². The summed E-state index contributed by atoms with van der Waals surface area (Å²) in [5.41, 5.74) is 3.36. The van der Waals surface area contributed by atoms with Crippen LogP contribution in [-0.4, -0.2) is 29.1 Å². The molecule has 1 saturated heterocycles. The molecule has 0 radical (unpaired) electrons. The zero-order valence-electron chi connectivity index (χ0n) is 12.9. The Bertz CT molecular complexity index is 496. The quantitative estimate of drug-likeness (QED) is 0.917. The van der Waals surface area contributed by atoms with Gasteiger partial charge >= 0.3 is 5.97 Å². The molecule has 110 valence electrons. The van der Waals surface area contributed by atoms with E-state index in [4.69, 9.17) is 0 Å². The highest BCUT2D eigenvalue weighted by molar-refractivity contribution is 5.76. The smallest absolute Gasteiger partial charge is 0.325 e. The predicted octanol–water partition coefficient (Wildman–Crippen LogP) is 3.51. The Balaban J connectivity index is 2.37. The average molecular weight is 275 g/mol. The molecule has 1 N–H and O–H groups in total. The number of carboxylic acid groups (broad SMARTS) is 1. The third kappa shape index (κ3) is 3.04. The van der Waals surface area contributed by atoms with Crippen molar-refractivity contribution >= 4 is 5.97 Å². The number of carbonyl (C=O) groups is 1. The lowest BCUT2D eigenvalue weighted by Gasteiger charge is -2.27. The normalized spacial score (nSPS) is 18.2. The van der Waals surface area contributed by atoms with Crippen LogP contribution < -0.4 is 0 Å². The zero-order chi connectivity index (χ0) is 14.9. The van der Waals surface area contributed by atoms with Gasteiger partial charge in [0.05, 0.1) is 0 Å². The second kappa shape index (κ2) is 5.57. The van der Waals surface area contributed by atoms with Crippen LogP contribution in [0.5, 0.6) is 0 Å². The molecule has 0 aromatic heterocycles. The molecule has 1 aliphatic rings. The van der Waals surface area contributed by atoms with Gasteiger partial charge in [0, 0.05) is 0 Å². The van der Waals surface area contributed by atoms with Crippen molar-refractivity contribution in [2.45, 2.75) is 52.0 Å². The molecule has 20 heavy (non-hydrogen) atoms. The molecule has 0 bridgehead atoms. The largest absolute Gasteiger partial charge is 0.480 e. The van der Waals surface area contributed by atoms with E-state index in [2.05, 4.69) is 37.8 Å². The van der Waals surface area contributed by atoms with Gasteiger partial charge in [0.2, 0.25) is 0 Å². The Morgan fingerprint density at radius 1 is 1.25 bits per heavy atom. The Morgan fingerprint density at radius 3 is 2.30 bits per heavy atom. The minimum Gasteiger partial charge on any atom is -0.480 e. The van der Waals surface area contributed by atoms with Gasteiger partial charge in [-0.15, -0.1) is 0 Å². The topological polar surface area (TPSA) is 40.5 Å². The molecule has 3 heteroatoms. The fourth-order valence-corrected chi connectivity index (χ4v) is 2.93. The number of benzene rings is 1. The number of carboxylic acids is 1. The van der Waals surface area contributed by atoms with Crippen molar-refractivity contribution in [1.82, 2.24) is 4.90 Å². The number of rotatable bonds is 3. The van der Waals surface area contributed by atoms with Crippen molar-refractivity contribution in [2.75, 3.05) is 13.1 Å². The van der Waals surface area contributed by atoms with E-state index < -0.39 is 12.0 Å². The predicted molar refractivity (Wildman–Crippen MR) is 81.1 cm³/mol. The highest BCUT2D eigenvalue weighted by atomic mass is 16.4. The number of aryl methyl sites for hydroxylation is 1. The molecule has 1 aromatic carbocycles. The van der Waals surface area contributed by atoms with Crippen LogP contribution >= 0.6 is 0 Å². The van der Waals surface area contributed by atoms with Crippen LogP contribution in [0.1, 0.15) is 56.3 Å². The lowest BCUT2D eigenvalue weighted by atomic mass is 9.84. The number of likely N-dealkylation sites (tertiary alicyclic amines) is 1. The summed E-state index contributed by atoms with van der Waals surface area (Å²) in [6.07, 6.45) is 2.20. The summed E-state index contributed by atoms with van der Waals surface area (Å²) in [4.78, 5) is 13.8. The first-order valence-electron chi connectivity index (χ1n) is 7.38. The number of aliphatic carboxylic acids is 1. The molecule has 1 heterocycles. The minimum absolute atomic E-state index is 0.0929. The van der Waals surface area contributed by atoms with Crippen LogP contribution in [0.4, 0.5) is 0 Å². The molecule has 0 spiro atoms. The summed E-state index contributed by atoms with van der Waals surface area (Å²) < 4.78 is 0. The summed E-state index contributed by atoms with van der Waals surface area (Å²) >= 11 is 0. The maximum atomic E-state index is 11.7. The molecule has 2 rings (SSSR count). The molecule has 0 saturated carbocycles. The first-order valence-corrected chi connectivity index (χ1v) is 7.38. The molecule has 1 aliphatic heterocycles. The lowest BCUT2D eigenvalue weighted by Crippen LogP contribution is -2.32. The Labute approximate surface area is 121 Å². The van der Waals surface area contributed by atoms with Gasteiger partial charge in [-0.3, -0.25) is 9.69 Å². The Morgan fingerprint density at radius 2 is 1.85 bits per heavy atom. The van der Waals surface area contributed by atoms with Gasteiger partial charge in [-0.1, -0.05) is 39.0 Å². The number of nitrogens with zero attached hydrogens (tertiary/aromatic N) is 1. The first kappa shape index (κ1) is 15.0. The maximum Gasteiger partial charge on any atom is 0.325 e. The van der Waals surface area contributed by atoms with Gasteiger partial charge in [0.25, 0.3) is 0 Å². The summed E-state index contributed by atoms with van der Waals surface area (Å²) in [5, 5.41) is 9.60. The molecule has 0 amide bonds. The van der Waals surface area contributed by atoms with E-state index in [1.165, 1.54) is 5.56 Å². The monoisotopic (exact) mass is 275 g/mol. The second-order valence-corrected chi connectivity index (χ2v) is 6.81. The SMILES string of the molecule is Cc1cc(C(C)(C)C)ccc1C(C(=O)O)N1CCCC1. The van der Waals surface area contributed by atoms with E-state index in [1.807, 2.05) is 13.0 Å². The van der Waals surface area contributed by atoms with Gasteiger partial charge in [-0.25, -0.2) is 0 Å². The van der Waals surface area contributed by atoms with Gasteiger partial charge in [0.1, 0.15) is 6.04 Å². The van der Waals surface area contributed by atoms with Crippen molar-refractivity contribution in [3.05, 3.63) is 34.9 Å². The summed E-state index contributed by atoms with van der Waals surface area (Å²) in [6.45, 7) is 10.3. The van der Waals surface area contributed by atoms with Crippen molar-refractivity contribution in [3.63, 3.8) is 0 Å². The van der Waals surface area contributed by atoms with Crippen molar-refractivity contribution in [3.8, 4) is 0 Å². The number of hydrogen-bond donors (Lipinski definition) is 1. The van der Waals surface area contributed by atoms with E-state index in [9.17, 15) is 9.90 Å². The van der Waals surface area contributed by atoms with Crippen molar-refractivity contribution in [1.29, 1.82) is 0 Å². The average Bonchev–Trinajstić information content (AvgIpc) is 2.83. The van der Waals surface area contributed by atoms with E-state index >= 15 is 0 Å². The molecule has 1 atom stereocenters. The molecule has 1 aromatic rings. The van der Waals surface area contributed by atoms with Crippen molar-refractivity contribution < 1.29 is 9.90 Å². The first-order chi connectivity index (χ1) is 9.30. The van der Waals surface area contributed by atoms with Crippen LogP contribution in [0, 0.1) is 6.92 Å². The molecular weight excluding hydrogens is 250 g/mol. The zero-order valence-corrected chi connectivity index (χ0v) is 12.9. The molecule has 1 fully saturated rings. The molecular formula is C17H25NO2. The lowest BCUT2D eigenvalue weighted by molar-refractivity contribution is -0.143. The van der Waals surface area contributed by atoms with Crippen LogP contribution in [0.2, 0.25) is 0 Å². The number of hydrogen-bond acceptors (Lipinski definition) is 2. The van der Waals surface area contributed by atoms with E-state index in [0.29, 0.717) is 0 Å². The van der Waals surface area contributed by atoms with E-state index in [0.717, 1.165) is 37.1 Å². The van der Waals surface area contributed by atoms with Crippen LogP contribution in [0.3, 0.4) is 0 Å². The summed E-state index contributed by atoms with van der Waals surface area (Å²) in [7, 11) is 0. The Hall–Kier alpha value is -1.35. The molecule has 3 nitrogen and oxygen atoms in total. The fourth-order valence-electron chi connectivity index (χ4n) is 2.93. The highest BCUT2D eigenvalue weighted by Crippen LogP contribution is 2.31. The van der Waals surface area contributed by atoms with Gasteiger partial charge in [-0.05, 0) is 55.0 Å². The third-order valence-electron chi connectivity index (χ3n) is 4.17. The second-order valence-electron chi connectivity index (χ2n) is 6.81. The standard InChI is InChI=1S/C17H25NO2/c1-12-11-13(17(2,3)4)7-8-14(12)15(16(19)20)18-9-5-6-10-18/h7-8,11,15H,5-6,9-10H2,1-4H3,(H,19,20). The summed E-state index contributed by atoms with van der Waals surface area (Å²) in [5.74, 6) is -0.737. The highest BCUT2D eigenvalue weighted by Gasteiger charge is 2.30. The Kier molecular flexibility index (Phi) is 4.19. The molecule has 0 aliphatic carbocycles. The van der Waals surface area contributed by atoms with E-state index in [1.54, 1.807) is 0 Å². The van der Waals surface area contributed by atoms with Gasteiger partial charge < -0.3 is 5.11 Å². The maximum absolute atomic E-state index is 11.7.